The van der Waals surface area contributed by atoms with E-state index in [-0.39, 0.29) is 20.8 Å². The summed E-state index contributed by atoms with van der Waals surface area (Å²) >= 11 is 0. The van der Waals surface area contributed by atoms with Crippen LogP contribution in [0.15, 0.2) is 74.9 Å². The Kier molecular flexibility index (Phi) is 5.44. The first-order valence-electron chi connectivity index (χ1n) is 12.2. The van der Waals surface area contributed by atoms with Gasteiger partial charge in [0, 0.05) is 11.8 Å². The Morgan fingerprint density at radius 1 is 1.15 bits per heavy atom. The van der Waals surface area contributed by atoms with Crippen LogP contribution in [0.3, 0.4) is 0 Å². The Balaban J connectivity index is 1.56. The second-order valence-corrected chi connectivity index (χ2v) is 12.7. The summed E-state index contributed by atoms with van der Waals surface area (Å²) in [5.74, 6) is 1.81. The number of nitrogens with zero attached hydrogens (tertiary/aromatic N) is 1. The van der Waals surface area contributed by atoms with Crippen LogP contribution in [-0.4, -0.2) is 15.5 Å². The van der Waals surface area contributed by atoms with Gasteiger partial charge in [0.25, 0.3) is 5.03 Å². The molecular formula is C29H33NO3S. The number of rotatable bonds is 3. The molecule has 4 nitrogen and oxygen atoms in total. The highest BCUT2D eigenvalue weighted by atomic mass is 32.2. The van der Waals surface area contributed by atoms with Crippen LogP contribution in [0.2, 0.25) is 0 Å². The van der Waals surface area contributed by atoms with Crippen molar-refractivity contribution in [1.82, 2.24) is 0 Å². The molecular weight excluding hydrogens is 442 g/mol. The Labute approximate surface area is 203 Å². The van der Waals surface area contributed by atoms with Gasteiger partial charge in [0.1, 0.15) is 0 Å². The third-order valence-electron chi connectivity index (χ3n) is 9.11. The maximum Gasteiger partial charge on any atom is 0.282 e. The molecule has 0 aromatic heterocycles. The average molecular weight is 476 g/mol. The summed E-state index contributed by atoms with van der Waals surface area (Å²) < 4.78 is 32.6. The highest BCUT2D eigenvalue weighted by Crippen LogP contribution is 2.64. The van der Waals surface area contributed by atoms with Gasteiger partial charge < -0.3 is 4.74 Å². The summed E-state index contributed by atoms with van der Waals surface area (Å²) in [4.78, 5) is 3.88. The Morgan fingerprint density at radius 3 is 2.56 bits per heavy atom. The highest BCUT2D eigenvalue weighted by molar-refractivity contribution is 7.95. The predicted octanol–water partition coefficient (Wildman–Crippen LogP) is 6.92. The van der Waals surface area contributed by atoms with Crippen molar-refractivity contribution in [3.63, 3.8) is 0 Å². The number of sulfone groups is 1. The van der Waals surface area contributed by atoms with Crippen molar-refractivity contribution < 1.29 is 13.2 Å². The van der Waals surface area contributed by atoms with Gasteiger partial charge in [0.15, 0.2) is 0 Å². The minimum atomic E-state index is -3.84. The molecule has 0 unspecified atom stereocenters. The lowest BCUT2D eigenvalue weighted by atomic mass is 9.53. The number of fused-ring (bicyclic) bond motifs is 5. The summed E-state index contributed by atoms with van der Waals surface area (Å²) in [6.45, 7) is 14.4. The summed E-state index contributed by atoms with van der Waals surface area (Å²) in [6, 6.07) is 6.86. The third kappa shape index (κ3) is 3.26. The summed E-state index contributed by atoms with van der Waals surface area (Å²) in [5.41, 5.74) is 4.45. The first kappa shape index (κ1) is 23.2. The van der Waals surface area contributed by atoms with Crippen LogP contribution in [0.25, 0.3) is 4.85 Å². The lowest BCUT2D eigenvalue weighted by Gasteiger charge is -2.51. The number of allylic oxidation sites excluding steroid dienone is 7. The Hall–Kier alpha value is -2.58. The molecule has 4 atom stereocenters. The van der Waals surface area contributed by atoms with E-state index in [4.69, 9.17) is 11.3 Å². The van der Waals surface area contributed by atoms with Crippen LogP contribution < -0.4 is 0 Å². The third-order valence-corrected chi connectivity index (χ3v) is 10.8. The topological polar surface area (TPSA) is 47.7 Å². The molecule has 0 amide bonds. The van der Waals surface area contributed by atoms with E-state index in [9.17, 15) is 8.42 Å². The van der Waals surface area contributed by atoms with Crippen molar-refractivity contribution in [2.45, 2.75) is 64.2 Å². The maximum atomic E-state index is 13.5. The minimum absolute atomic E-state index is 0.0232. The molecule has 178 valence electrons. The number of methoxy groups -OCH3 is 1. The molecule has 4 aliphatic rings. The van der Waals surface area contributed by atoms with Gasteiger partial charge >= 0.3 is 0 Å². The molecule has 0 radical (unpaired) electrons. The largest absolute Gasteiger partial charge is 0.501 e. The molecule has 34 heavy (non-hydrogen) atoms. The molecule has 0 N–H and O–H groups in total. The minimum Gasteiger partial charge on any atom is -0.501 e. The van der Waals surface area contributed by atoms with E-state index in [1.165, 1.54) is 11.1 Å². The molecule has 0 bridgehead atoms. The van der Waals surface area contributed by atoms with Crippen molar-refractivity contribution in [3.05, 3.63) is 87.0 Å². The maximum absolute atomic E-state index is 13.5. The number of aryl methyl sites for hydroxylation is 1. The molecule has 1 fully saturated rings. The lowest BCUT2D eigenvalue weighted by molar-refractivity contribution is 0.158. The molecule has 1 aromatic carbocycles. The van der Waals surface area contributed by atoms with E-state index < -0.39 is 9.84 Å². The second kappa shape index (κ2) is 7.99. The van der Waals surface area contributed by atoms with Crippen LogP contribution in [0.1, 0.15) is 57.9 Å². The van der Waals surface area contributed by atoms with Crippen LogP contribution in [-0.2, 0) is 14.6 Å². The Bertz CT molecular complexity index is 1310. The van der Waals surface area contributed by atoms with Gasteiger partial charge in [-0.3, -0.25) is 0 Å². The lowest BCUT2D eigenvalue weighted by Crippen LogP contribution is -2.42. The molecule has 0 saturated heterocycles. The smallest absolute Gasteiger partial charge is 0.282 e. The number of ether oxygens (including phenoxy) is 1. The standard InChI is InChI=1S/C29H33NO3S/c1-19-6-9-22(10-7-19)34(31,32)27(30-4)26-13-12-24-23-11-8-20-18-21(33-5)14-16-28(20,2)25(23)15-17-29(24,26)3/h6-10,15,18,23-24H,11-14,16-17H2,1-3,5H3/t23-,24-,28-,29-/m0/s1. The normalized spacial score (nSPS) is 33.9. The van der Waals surface area contributed by atoms with Gasteiger partial charge in [-0.15, -0.1) is 0 Å². The number of hydrogen-bond acceptors (Lipinski definition) is 3. The molecule has 0 aliphatic heterocycles. The first-order valence-corrected chi connectivity index (χ1v) is 13.7. The zero-order valence-electron chi connectivity index (χ0n) is 20.5. The van der Waals surface area contributed by atoms with E-state index >= 15 is 0 Å². The summed E-state index contributed by atoms with van der Waals surface area (Å²) in [6.07, 6.45) is 12.4. The van der Waals surface area contributed by atoms with Crippen molar-refractivity contribution >= 4 is 9.84 Å². The van der Waals surface area contributed by atoms with Crippen LogP contribution in [0, 0.1) is 36.2 Å². The molecule has 4 aliphatic carbocycles. The molecule has 0 spiro atoms. The number of benzene rings is 1. The van der Waals surface area contributed by atoms with Crippen LogP contribution in [0.4, 0.5) is 0 Å². The average Bonchev–Trinajstić information content (AvgIpc) is 3.16. The fourth-order valence-electron chi connectivity index (χ4n) is 7.07. The van der Waals surface area contributed by atoms with Crippen LogP contribution in [0.5, 0.6) is 0 Å². The van der Waals surface area contributed by atoms with Crippen molar-refractivity contribution in [2.75, 3.05) is 7.11 Å². The molecule has 5 rings (SSSR count). The SMILES string of the molecule is [C-]#[N+]C(=C1CC[C@H]2[C@@H]3CC=C4C=C(OC)CC[C@]4(C)C3=CC[C@]12C)S(=O)(=O)c1ccc(C)cc1. The second-order valence-electron chi connectivity index (χ2n) is 10.8. The molecule has 5 heteroatoms. The van der Waals surface area contributed by atoms with Crippen molar-refractivity contribution in [3.8, 4) is 0 Å². The van der Waals surface area contributed by atoms with Gasteiger partial charge in [-0.25, -0.2) is 13.3 Å². The summed E-state index contributed by atoms with van der Waals surface area (Å²) in [7, 11) is -2.09. The fourth-order valence-corrected chi connectivity index (χ4v) is 8.56. The monoisotopic (exact) mass is 475 g/mol. The first-order chi connectivity index (χ1) is 16.1. The zero-order valence-corrected chi connectivity index (χ0v) is 21.3. The van der Waals surface area contributed by atoms with E-state index in [1.807, 2.05) is 6.92 Å². The van der Waals surface area contributed by atoms with E-state index in [0.717, 1.165) is 49.0 Å². The zero-order chi connectivity index (χ0) is 24.3. The highest BCUT2D eigenvalue weighted by Gasteiger charge is 2.54. The van der Waals surface area contributed by atoms with Gasteiger partial charge in [-0.2, -0.15) is 0 Å². The van der Waals surface area contributed by atoms with Crippen LogP contribution >= 0.6 is 0 Å². The van der Waals surface area contributed by atoms with E-state index in [1.54, 1.807) is 31.4 Å². The van der Waals surface area contributed by atoms with Gasteiger partial charge in [0.2, 0.25) is 9.84 Å². The summed E-state index contributed by atoms with van der Waals surface area (Å²) in [5, 5.41) is -0.0400. The van der Waals surface area contributed by atoms with E-state index in [0.29, 0.717) is 18.3 Å². The molecule has 1 saturated carbocycles. The van der Waals surface area contributed by atoms with Crippen molar-refractivity contribution in [2.24, 2.45) is 22.7 Å². The Morgan fingerprint density at radius 2 is 1.88 bits per heavy atom. The molecule has 1 aromatic rings. The van der Waals surface area contributed by atoms with Gasteiger partial charge in [-0.05, 0) is 85.6 Å². The van der Waals surface area contributed by atoms with Gasteiger partial charge in [-0.1, -0.05) is 49.3 Å². The van der Waals surface area contributed by atoms with Gasteiger partial charge in [0.05, 0.1) is 24.3 Å². The quantitative estimate of drug-likeness (QED) is 0.352. The van der Waals surface area contributed by atoms with Crippen molar-refractivity contribution in [1.29, 1.82) is 0 Å². The fraction of sp³-hybridized carbons (Fsp3) is 0.483. The molecule has 0 heterocycles. The van der Waals surface area contributed by atoms with E-state index in [2.05, 4.69) is 36.9 Å². The number of hydrogen-bond donors (Lipinski definition) is 0. The predicted molar refractivity (Wildman–Crippen MR) is 134 cm³/mol.